The Morgan fingerprint density at radius 1 is 0.970 bits per heavy atom. The molecule has 9 heteroatoms. The number of fused-ring (bicyclic) bond motifs is 3. The first-order chi connectivity index (χ1) is 15.9. The lowest BCUT2D eigenvalue weighted by molar-refractivity contribution is -0.144. The van der Waals surface area contributed by atoms with Crippen LogP contribution < -0.4 is 10.6 Å². The van der Waals surface area contributed by atoms with E-state index in [9.17, 15) is 24.3 Å². The lowest BCUT2D eigenvalue weighted by Crippen LogP contribution is -2.42. The Morgan fingerprint density at radius 3 is 2.15 bits per heavy atom. The molecule has 1 atom stereocenters. The minimum Gasteiger partial charge on any atom is -0.480 e. The van der Waals surface area contributed by atoms with Gasteiger partial charge < -0.3 is 25.2 Å². The summed E-state index contributed by atoms with van der Waals surface area (Å²) in [6, 6.07) is 14.8. The number of nitrogens with one attached hydrogen (secondary N) is 2. The molecule has 0 radical (unpaired) electrons. The Morgan fingerprint density at radius 2 is 1.58 bits per heavy atom. The van der Waals surface area contributed by atoms with Gasteiger partial charge in [-0.25, -0.2) is 9.59 Å². The van der Waals surface area contributed by atoms with E-state index in [1.54, 1.807) is 0 Å². The molecule has 0 saturated heterocycles. The highest BCUT2D eigenvalue weighted by Gasteiger charge is 2.29. The summed E-state index contributed by atoms with van der Waals surface area (Å²) in [5, 5.41) is 14.0. The van der Waals surface area contributed by atoms with Gasteiger partial charge in [0.1, 0.15) is 12.6 Å². The summed E-state index contributed by atoms with van der Waals surface area (Å²) in [5.41, 5.74) is 4.44. The zero-order valence-electron chi connectivity index (χ0n) is 18.2. The van der Waals surface area contributed by atoms with E-state index in [1.165, 1.54) is 7.11 Å². The van der Waals surface area contributed by atoms with Crippen molar-refractivity contribution in [2.75, 3.05) is 20.3 Å². The van der Waals surface area contributed by atoms with Crippen molar-refractivity contribution in [1.82, 2.24) is 10.6 Å². The van der Waals surface area contributed by atoms with E-state index in [0.717, 1.165) is 22.3 Å². The Hall–Kier alpha value is -3.88. The Labute approximate surface area is 191 Å². The van der Waals surface area contributed by atoms with Gasteiger partial charge in [-0.3, -0.25) is 9.59 Å². The van der Waals surface area contributed by atoms with E-state index in [4.69, 9.17) is 4.74 Å². The van der Waals surface area contributed by atoms with Crippen LogP contribution in [0.15, 0.2) is 48.5 Å². The van der Waals surface area contributed by atoms with Crippen LogP contribution in [-0.4, -0.2) is 55.3 Å². The molecule has 1 aliphatic rings. The third-order valence-corrected chi connectivity index (χ3v) is 5.46. The number of methoxy groups -OCH3 is 1. The van der Waals surface area contributed by atoms with Crippen molar-refractivity contribution in [3.63, 3.8) is 0 Å². The van der Waals surface area contributed by atoms with E-state index in [2.05, 4.69) is 15.4 Å². The molecule has 2 aromatic carbocycles. The molecule has 0 fully saturated rings. The highest BCUT2D eigenvalue weighted by Crippen LogP contribution is 2.44. The highest BCUT2D eigenvalue weighted by atomic mass is 16.5. The van der Waals surface area contributed by atoms with Crippen LogP contribution >= 0.6 is 0 Å². The number of carbonyl (C=O) groups excluding carboxylic acids is 3. The van der Waals surface area contributed by atoms with Crippen LogP contribution in [-0.2, 0) is 23.9 Å². The number of ether oxygens (including phenoxy) is 2. The van der Waals surface area contributed by atoms with Crippen LogP contribution in [0.1, 0.15) is 36.3 Å². The molecular formula is C24H26N2O7. The topological polar surface area (TPSA) is 131 Å². The molecule has 33 heavy (non-hydrogen) atoms. The average molecular weight is 454 g/mol. The van der Waals surface area contributed by atoms with Gasteiger partial charge in [-0.15, -0.1) is 0 Å². The molecule has 0 aromatic heterocycles. The lowest BCUT2D eigenvalue weighted by atomic mass is 9.98. The van der Waals surface area contributed by atoms with Gasteiger partial charge in [-0.05, 0) is 28.7 Å². The number of carboxylic acid groups (broad SMARTS) is 1. The predicted molar refractivity (Wildman–Crippen MR) is 119 cm³/mol. The predicted octanol–water partition coefficient (Wildman–Crippen LogP) is 2.44. The second-order valence-electron chi connectivity index (χ2n) is 7.58. The van der Waals surface area contributed by atoms with Crippen molar-refractivity contribution in [3.8, 4) is 11.1 Å². The molecule has 0 aliphatic heterocycles. The van der Waals surface area contributed by atoms with E-state index in [-0.39, 0.29) is 38.3 Å². The number of carboxylic acids is 1. The number of alkyl carbamates (subject to hydrolysis) is 1. The largest absolute Gasteiger partial charge is 0.480 e. The summed E-state index contributed by atoms with van der Waals surface area (Å²) < 4.78 is 9.86. The van der Waals surface area contributed by atoms with Crippen molar-refractivity contribution in [2.24, 2.45) is 0 Å². The molecule has 2 aromatic rings. The third-order valence-electron chi connectivity index (χ3n) is 5.46. The summed E-state index contributed by atoms with van der Waals surface area (Å²) in [6.07, 6.45) is -1.02. The molecule has 3 N–H and O–H groups in total. The van der Waals surface area contributed by atoms with E-state index >= 15 is 0 Å². The van der Waals surface area contributed by atoms with Gasteiger partial charge >= 0.3 is 18.0 Å². The van der Waals surface area contributed by atoms with Crippen molar-refractivity contribution in [2.45, 2.75) is 31.2 Å². The normalized spacial score (nSPS) is 12.8. The minimum atomic E-state index is -1.25. The molecule has 174 valence electrons. The molecule has 0 spiro atoms. The number of hydrogen-bond donors (Lipinski definition) is 3. The molecule has 9 nitrogen and oxygen atoms in total. The molecule has 0 bridgehead atoms. The van der Waals surface area contributed by atoms with Crippen LogP contribution in [0.4, 0.5) is 4.79 Å². The quantitative estimate of drug-likeness (QED) is 0.470. The zero-order chi connectivity index (χ0) is 23.8. The van der Waals surface area contributed by atoms with Crippen molar-refractivity contribution in [1.29, 1.82) is 0 Å². The van der Waals surface area contributed by atoms with Gasteiger partial charge in [0.05, 0.1) is 7.11 Å². The van der Waals surface area contributed by atoms with Gasteiger partial charge in [-0.1, -0.05) is 48.5 Å². The SMILES string of the molecule is COC(=O)CC[C@H](NC(=O)CCNC(=O)OCC1c2ccccc2-c2ccccc21)C(=O)O. The van der Waals surface area contributed by atoms with Crippen LogP contribution in [0.5, 0.6) is 0 Å². The van der Waals surface area contributed by atoms with Crippen LogP contribution in [0.3, 0.4) is 0 Å². The van der Waals surface area contributed by atoms with Crippen LogP contribution in [0.2, 0.25) is 0 Å². The molecule has 0 unspecified atom stereocenters. The van der Waals surface area contributed by atoms with Crippen molar-refractivity contribution in [3.05, 3.63) is 59.7 Å². The number of aliphatic carboxylic acids is 1. The summed E-state index contributed by atoms with van der Waals surface area (Å²) in [7, 11) is 1.20. The molecule has 1 aliphatic carbocycles. The number of amides is 2. The first-order valence-corrected chi connectivity index (χ1v) is 10.6. The number of esters is 1. The van der Waals surface area contributed by atoms with Crippen molar-refractivity contribution < 1.29 is 33.8 Å². The molecule has 0 saturated carbocycles. The Kier molecular flexibility index (Phi) is 8.01. The Bertz CT molecular complexity index is 991. The fraction of sp³-hybridized carbons (Fsp3) is 0.333. The molecular weight excluding hydrogens is 428 g/mol. The van der Waals surface area contributed by atoms with Crippen LogP contribution in [0, 0.1) is 0 Å². The summed E-state index contributed by atoms with van der Waals surface area (Å²) >= 11 is 0. The fourth-order valence-corrected chi connectivity index (χ4v) is 3.82. The van der Waals surface area contributed by atoms with Crippen LogP contribution in [0.25, 0.3) is 11.1 Å². The maximum atomic E-state index is 12.1. The second-order valence-corrected chi connectivity index (χ2v) is 7.58. The van der Waals surface area contributed by atoms with E-state index < -0.39 is 30.0 Å². The summed E-state index contributed by atoms with van der Waals surface area (Å²) in [4.78, 5) is 46.6. The standard InChI is InChI=1S/C24H26N2O7/c1-32-22(28)11-10-20(23(29)30)26-21(27)12-13-25-24(31)33-14-19-17-8-4-2-6-15(17)16-7-3-5-9-18(16)19/h2-9,19-20H,10-14H2,1H3,(H,25,31)(H,26,27)(H,29,30)/t20-/m0/s1. The summed E-state index contributed by atoms with van der Waals surface area (Å²) in [5.74, 6) is -2.45. The van der Waals surface area contributed by atoms with Crippen molar-refractivity contribution >= 4 is 23.9 Å². The van der Waals surface area contributed by atoms with E-state index in [1.807, 2.05) is 48.5 Å². The zero-order valence-corrected chi connectivity index (χ0v) is 18.2. The lowest BCUT2D eigenvalue weighted by Gasteiger charge is -2.15. The maximum absolute atomic E-state index is 12.1. The molecule has 2 amide bonds. The van der Waals surface area contributed by atoms with Gasteiger partial charge in [0, 0.05) is 25.3 Å². The second kappa shape index (κ2) is 11.1. The monoisotopic (exact) mass is 454 g/mol. The highest BCUT2D eigenvalue weighted by molar-refractivity contribution is 5.84. The minimum absolute atomic E-state index is 0.0220. The number of rotatable bonds is 10. The average Bonchev–Trinajstić information content (AvgIpc) is 3.13. The van der Waals surface area contributed by atoms with Gasteiger partial charge in [0.2, 0.25) is 5.91 Å². The summed E-state index contributed by atoms with van der Waals surface area (Å²) in [6.45, 7) is 0.131. The fourth-order valence-electron chi connectivity index (χ4n) is 3.82. The van der Waals surface area contributed by atoms with E-state index in [0.29, 0.717) is 0 Å². The number of carbonyl (C=O) groups is 4. The molecule has 3 rings (SSSR count). The first-order valence-electron chi connectivity index (χ1n) is 10.6. The maximum Gasteiger partial charge on any atom is 0.407 e. The van der Waals surface area contributed by atoms with Gasteiger partial charge in [0.15, 0.2) is 0 Å². The Balaban J connectivity index is 1.44. The third kappa shape index (κ3) is 6.09. The molecule has 0 heterocycles. The number of hydrogen-bond acceptors (Lipinski definition) is 6. The van der Waals surface area contributed by atoms with Gasteiger partial charge in [0.25, 0.3) is 0 Å². The number of benzene rings is 2. The smallest absolute Gasteiger partial charge is 0.407 e. The first kappa shape index (κ1) is 23.8. The van der Waals surface area contributed by atoms with Gasteiger partial charge in [-0.2, -0.15) is 0 Å².